The third-order valence-electron chi connectivity index (χ3n) is 5.04. The Hall–Kier alpha value is -3.67. The smallest absolute Gasteiger partial charge is 0.206 e. The van der Waals surface area contributed by atoms with Crippen LogP contribution in [0.4, 0.5) is 5.95 Å². The Balaban J connectivity index is 1.73. The number of anilines is 1. The molecule has 5 rings (SSSR count). The number of hydrogen-bond donors (Lipinski definition) is 1. The molecule has 138 valence electrons. The molecule has 0 aliphatic heterocycles. The third-order valence-corrected chi connectivity index (χ3v) is 5.04. The van der Waals surface area contributed by atoms with Gasteiger partial charge in [0.05, 0.1) is 16.9 Å². The Bertz CT molecular complexity index is 1300. The number of imidazole rings is 1. The van der Waals surface area contributed by atoms with Crippen LogP contribution in [0, 0.1) is 13.8 Å². The van der Waals surface area contributed by atoms with Gasteiger partial charge in [-0.1, -0.05) is 47.6 Å². The molecule has 0 saturated carbocycles. The lowest BCUT2D eigenvalue weighted by atomic mass is 10.0. The van der Waals surface area contributed by atoms with Crippen molar-refractivity contribution in [1.82, 2.24) is 19.5 Å². The van der Waals surface area contributed by atoms with Gasteiger partial charge in [0.2, 0.25) is 5.95 Å². The van der Waals surface area contributed by atoms with Crippen LogP contribution in [0.25, 0.3) is 27.7 Å². The van der Waals surface area contributed by atoms with Gasteiger partial charge in [0.1, 0.15) is 11.4 Å². The van der Waals surface area contributed by atoms with Crippen molar-refractivity contribution < 1.29 is 4.52 Å². The Kier molecular flexibility index (Phi) is 3.65. The summed E-state index contributed by atoms with van der Waals surface area (Å²) < 4.78 is 7.22. The van der Waals surface area contributed by atoms with E-state index in [-0.39, 0.29) is 0 Å². The quantitative estimate of drug-likeness (QED) is 0.512. The molecule has 0 fully saturated rings. The molecule has 0 spiro atoms. The molecule has 0 amide bonds. The van der Waals surface area contributed by atoms with Crippen molar-refractivity contribution in [2.24, 2.45) is 0 Å². The van der Waals surface area contributed by atoms with Crippen LogP contribution in [0.5, 0.6) is 0 Å². The molecular weight excluding hydrogens is 350 g/mol. The molecule has 3 aromatic heterocycles. The molecule has 0 aliphatic rings. The van der Waals surface area contributed by atoms with Crippen LogP contribution in [0.1, 0.15) is 22.7 Å². The minimum absolute atomic E-state index is 0.411. The van der Waals surface area contributed by atoms with E-state index in [1.165, 1.54) is 5.56 Å². The second-order valence-corrected chi connectivity index (χ2v) is 6.96. The van der Waals surface area contributed by atoms with Gasteiger partial charge in [0.15, 0.2) is 0 Å². The lowest BCUT2D eigenvalue weighted by molar-refractivity contribution is 0.393. The van der Waals surface area contributed by atoms with Crippen LogP contribution >= 0.6 is 0 Å². The molecular formula is C22H19N5O. The zero-order chi connectivity index (χ0) is 19.3. The van der Waals surface area contributed by atoms with E-state index in [0.29, 0.717) is 5.95 Å². The summed E-state index contributed by atoms with van der Waals surface area (Å²) in [5.41, 5.74) is 12.8. The van der Waals surface area contributed by atoms with E-state index in [1.54, 1.807) is 0 Å². The second-order valence-electron chi connectivity index (χ2n) is 6.96. The van der Waals surface area contributed by atoms with Crippen molar-refractivity contribution >= 4 is 22.5 Å². The Labute approximate surface area is 161 Å². The van der Waals surface area contributed by atoms with E-state index in [1.807, 2.05) is 60.8 Å². The summed E-state index contributed by atoms with van der Waals surface area (Å²) in [7, 11) is 0. The van der Waals surface area contributed by atoms with Crippen LogP contribution in [-0.4, -0.2) is 19.5 Å². The topological polar surface area (TPSA) is 82.2 Å². The monoisotopic (exact) mass is 369 g/mol. The lowest BCUT2D eigenvalue weighted by Gasteiger charge is -2.08. The fourth-order valence-electron chi connectivity index (χ4n) is 3.77. The highest BCUT2D eigenvalue weighted by Crippen LogP contribution is 2.34. The van der Waals surface area contributed by atoms with E-state index >= 15 is 0 Å². The summed E-state index contributed by atoms with van der Waals surface area (Å²) in [6, 6.07) is 16.3. The van der Waals surface area contributed by atoms with E-state index in [9.17, 15) is 0 Å². The molecule has 0 atom stereocenters. The van der Waals surface area contributed by atoms with Gasteiger partial charge in [-0.25, -0.2) is 9.97 Å². The molecule has 0 aliphatic carbocycles. The molecule has 0 saturated heterocycles. The molecule has 2 N–H and O–H groups in total. The first-order valence-corrected chi connectivity index (χ1v) is 9.15. The highest BCUT2D eigenvalue weighted by Gasteiger charge is 2.18. The second kappa shape index (κ2) is 6.20. The van der Waals surface area contributed by atoms with Crippen LogP contribution in [0.3, 0.4) is 0 Å². The summed E-state index contributed by atoms with van der Waals surface area (Å²) in [5, 5.41) is 5.03. The van der Waals surface area contributed by atoms with Crippen molar-refractivity contribution in [1.29, 1.82) is 0 Å². The van der Waals surface area contributed by atoms with Gasteiger partial charge in [0.25, 0.3) is 0 Å². The summed E-state index contributed by atoms with van der Waals surface area (Å²) in [6.45, 7) is 3.84. The lowest BCUT2D eigenvalue weighted by Crippen LogP contribution is -2.01. The predicted octanol–water partition coefficient (Wildman–Crippen LogP) is 4.33. The maximum Gasteiger partial charge on any atom is 0.206 e. The number of benzene rings is 2. The molecule has 0 unspecified atom stereocenters. The Morgan fingerprint density at radius 1 is 1.00 bits per heavy atom. The molecule has 2 aromatic carbocycles. The number of aromatic nitrogens is 4. The van der Waals surface area contributed by atoms with Crippen LogP contribution in [-0.2, 0) is 6.42 Å². The zero-order valence-electron chi connectivity index (χ0n) is 15.7. The number of rotatable bonds is 3. The first-order chi connectivity index (χ1) is 13.6. The van der Waals surface area contributed by atoms with Crippen LogP contribution < -0.4 is 5.73 Å². The number of aryl methyl sites for hydroxylation is 2. The van der Waals surface area contributed by atoms with Crippen molar-refractivity contribution in [3.63, 3.8) is 0 Å². The van der Waals surface area contributed by atoms with Crippen LogP contribution in [0.2, 0.25) is 0 Å². The average molecular weight is 369 g/mol. The number of hydrogen-bond acceptors (Lipinski definition) is 5. The number of fused-ring (bicyclic) bond motifs is 3. The Morgan fingerprint density at radius 3 is 2.57 bits per heavy atom. The zero-order valence-corrected chi connectivity index (χ0v) is 15.7. The van der Waals surface area contributed by atoms with Crippen molar-refractivity contribution in [2.45, 2.75) is 20.3 Å². The van der Waals surface area contributed by atoms with Gasteiger partial charge >= 0.3 is 0 Å². The van der Waals surface area contributed by atoms with Gasteiger partial charge < -0.3 is 10.3 Å². The maximum absolute atomic E-state index is 6.30. The van der Waals surface area contributed by atoms with Crippen molar-refractivity contribution in [3.8, 4) is 11.1 Å². The van der Waals surface area contributed by atoms with Crippen LogP contribution in [0.15, 0.2) is 59.3 Å². The van der Waals surface area contributed by atoms with E-state index < -0.39 is 0 Å². The Morgan fingerprint density at radius 2 is 1.82 bits per heavy atom. The summed E-state index contributed by atoms with van der Waals surface area (Å²) >= 11 is 0. The summed E-state index contributed by atoms with van der Waals surface area (Å²) in [4.78, 5) is 9.56. The highest BCUT2D eigenvalue weighted by atomic mass is 16.5. The molecule has 28 heavy (non-hydrogen) atoms. The van der Waals surface area contributed by atoms with Gasteiger partial charge in [-0.15, -0.1) is 0 Å². The normalized spacial score (nSPS) is 11.5. The highest BCUT2D eigenvalue weighted by molar-refractivity contribution is 6.02. The molecule has 5 aromatic rings. The van der Waals surface area contributed by atoms with Gasteiger partial charge in [-0.3, -0.25) is 4.40 Å². The number of nitrogen functional groups attached to an aromatic ring is 1. The first kappa shape index (κ1) is 16.5. The van der Waals surface area contributed by atoms with E-state index in [4.69, 9.17) is 20.2 Å². The van der Waals surface area contributed by atoms with E-state index in [2.05, 4.69) is 17.3 Å². The summed E-state index contributed by atoms with van der Waals surface area (Å²) in [5.74, 6) is 1.17. The average Bonchev–Trinajstić information content (AvgIpc) is 3.26. The van der Waals surface area contributed by atoms with Gasteiger partial charge in [0, 0.05) is 29.1 Å². The molecule has 6 nitrogen and oxygen atoms in total. The fraction of sp³-hybridized carbons (Fsp3) is 0.136. The van der Waals surface area contributed by atoms with Gasteiger partial charge in [-0.05, 0) is 25.5 Å². The minimum atomic E-state index is 0.411. The number of nitrogens with two attached hydrogens (primary N) is 1. The molecule has 6 heteroatoms. The molecule has 0 bridgehead atoms. The largest absolute Gasteiger partial charge is 0.369 e. The summed E-state index contributed by atoms with van der Waals surface area (Å²) in [6.07, 6.45) is 2.71. The maximum atomic E-state index is 6.30. The van der Waals surface area contributed by atoms with Crippen molar-refractivity contribution in [3.05, 3.63) is 77.4 Å². The molecule has 3 heterocycles. The number of nitrogens with zero attached hydrogens (tertiary/aromatic N) is 4. The SMILES string of the molecule is Cc1noc(C)c1-c1cccc2c1nc(N)n1cc(Cc3ccccc3)nc21. The van der Waals surface area contributed by atoms with Gasteiger partial charge in [-0.2, -0.15) is 0 Å². The first-order valence-electron chi connectivity index (χ1n) is 9.15. The standard InChI is InChI=1S/C22H19N5O/c1-13-19(14(2)28-26-13)17-9-6-10-18-20(17)25-22(23)27-12-16(24-21(18)27)11-15-7-4-3-5-8-15/h3-10,12H,11H2,1-2H3,(H2,23,25). The van der Waals surface area contributed by atoms with E-state index in [0.717, 1.165) is 51.2 Å². The predicted molar refractivity (Wildman–Crippen MR) is 109 cm³/mol. The molecule has 0 radical (unpaired) electrons. The minimum Gasteiger partial charge on any atom is -0.369 e. The fourth-order valence-corrected chi connectivity index (χ4v) is 3.77. The number of para-hydroxylation sites is 1. The van der Waals surface area contributed by atoms with Crippen molar-refractivity contribution in [2.75, 3.05) is 5.73 Å². The third kappa shape index (κ3) is 2.53.